The van der Waals surface area contributed by atoms with E-state index in [1.165, 1.54) is 5.56 Å². The minimum Gasteiger partial charge on any atom is -0.363 e. The van der Waals surface area contributed by atoms with E-state index in [0.717, 1.165) is 30.0 Å². The summed E-state index contributed by atoms with van der Waals surface area (Å²) in [6.07, 6.45) is 0.849. The van der Waals surface area contributed by atoms with Gasteiger partial charge in [0, 0.05) is 46.3 Å². The van der Waals surface area contributed by atoms with Crippen LogP contribution in [0.15, 0.2) is 30.3 Å². The molecule has 0 bridgehead atoms. The first-order chi connectivity index (χ1) is 12.0. The zero-order chi connectivity index (χ0) is 18.0. The zero-order valence-corrected chi connectivity index (χ0v) is 15.5. The molecule has 1 fully saturated rings. The van der Waals surface area contributed by atoms with E-state index in [9.17, 15) is 4.79 Å². The standard InChI is InChI=1S/C19H27N5O/c1-14-16(18(22(2)3)23(4)21-14)12-20-17-10-11-24(19(17)25)13-15-8-6-5-7-9-15/h5-9,17,20H,10-13H2,1-4H3. The molecule has 1 amide bonds. The number of hydrogen-bond donors (Lipinski definition) is 1. The fourth-order valence-electron chi connectivity index (χ4n) is 3.57. The lowest BCUT2D eigenvalue weighted by atomic mass is 10.2. The van der Waals surface area contributed by atoms with Crippen LogP contribution in [-0.2, 0) is 24.9 Å². The highest BCUT2D eigenvalue weighted by atomic mass is 16.2. The van der Waals surface area contributed by atoms with Crippen LogP contribution >= 0.6 is 0 Å². The number of anilines is 1. The van der Waals surface area contributed by atoms with Crippen LogP contribution in [0.2, 0.25) is 0 Å². The van der Waals surface area contributed by atoms with Gasteiger partial charge in [0.15, 0.2) is 0 Å². The number of aromatic nitrogens is 2. The number of amides is 1. The number of aryl methyl sites for hydroxylation is 2. The van der Waals surface area contributed by atoms with E-state index in [4.69, 9.17) is 0 Å². The monoisotopic (exact) mass is 341 g/mol. The van der Waals surface area contributed by atoms with Crippen molar-refractivity contribution < 1.29 is 4.79 Å². The Hall–Kier alpha value is -2.34. The van der Waals surface area contributed by atoms with Crippen molar-refractivity contribution in [3.8, 4) is 0 Å². The average Bonchev–Trinajstić information content (AvgIpc) is 3.06. The summed E-state index contributed by atoms with van der Waals surface area (Å²) in [5, 5.41) is 7.95. The molecule has 1 aromatic heterocycles. The molecule has 0 saturated carbocycles. The van der Waals surface area contributed by atoms with E-state index >= 15 is 0 Å². The maximum Gasteiger partial charge on any atom is 0.240 e. The van der Waals surface area contributed by atoms with Gasteiger partial charge in [0.25, 0.3) is 0 Å². The van der Waals surface area contributed by atoms with Gasteiger partial charge in [0.2, 0.25) is 5.91 Å². The van der Waals surface area contributed by atoms with Crippen molar-refractivity contribution in [2.45, 2.75) is 32.5 Å². The number of nitrogens with zero attached hydrogens (tertiary/aromatic N) is 4. The second kappa shape index (κ2) is 7.27. The highest BCUT2D eigenvalue weighted by Crippen LogP contribution is 2.22. The number of benzene rings is 1. The number of rotatable bonds is 6. The summed E-state index contributed by atoms with van der Waals surface area (Å²) in [7, 11) is 5.98. The van der Waals surface area contributed by atoms with Gasteiger partial charge in [-0.2, -0.15) is 5.10 Å². The van der Waals surface area contributed by atoms with Gasteiger partial charge in [-0.05, 0) is 18.9 Å². The Labute approximate surface area is 149 Å². The van der Waals surface area contributed by atoms with Gasteiger partial charge in [0.05, 0.1) is 11.7 Å². The fraction of sp³-hybridized carbons (Fsp3) is 0.474. The van der Waals surface area contributed by atoms with Gasteiger partial charge in [0.1, 0.15) is 5.82 Å². The Morgan fingerprint density at radius 3 is 2.68 bits per heavy atom. The first kappa shape index (κ1) is 17.5. The fourth-order valence-corrected chi connectivity index (χ4v) is 3.57. The average molecular weight is 341 g/mol. The molecule has 3 rings (SSSR count). The summed E-state index contributed by atoms with van der Waals surface area (Å²) in [6, 6.07) is 10.0. The van der Waals surface area contributed by atoms with E-state index in [-0.39, 0.29) is 11.9 Å². The van der Waals surface area contributed by atoms with Crippen molar-refractivity contribution in [2.24, 2.45) is 7.05 Å². The van der Waals surface area contributed by atoms with E-state index < -0.39 is 0 Å². The van der Waals surface area contributed by atoms with Crippen LogP contribution in [0.3, 0.4) is 0 Å². The summed E-state index contributed by atoms with van der Waals surface area (Å²) in [5.41, 5.74) is 3.33. The summed E-state index contributed by atoms with van der Waals surface area (Å²) < 4.78 is 1.89. The molecular formula is C19H27N5O. The highest BCUT2D eigenvalue weighted by Gasteiger charge is 2.31. The highest BCUT2D eigenvalue weighted by molar-refractivity contribution is 5.84. The lowest BCUT2D eigenvalue weighted by molar-refractivity contribution is -0.129. The van der Waals surface area contributed by atoms with Gasteiger partial charge in [-0.3, -0.25) is 9.48 Å². The maximum absolute atomic E-state index is 12.7. The summed E-state index contributed by atoms with van der Waals surface area (Å²) in [6.45, 7) is 4.16. The predicted molar refractivity (Wildman–Crippen MR) is 99.4 cm³/mol. The Morgan fingerprint density at radius 2 is 2.00 bits per heavy atom. The largest absolute Gasteiger partial charge is 0.363 e. The molecule has 2 heterocycles. The third-order valence-electron chi connectivity index (χ3n) is 4.78. The van der Waals surface area contributed by atoms with Crippen LogP contribution < -0.4 is 10.2 Å². The van der Waals surface area contributed by atoms with Crippen molar-refractivity contribution in [3.63, 3.8) is 0 Å². The number of nitrogens with one attached hydrogen (secondary N) is 1. The first-order valence-electron chi connectivity index (χ1n) is 8.73. The SMILES string of the molecule is Cc1nn(C)c(N(C)C)c1CNC1CCN(Cc2ccccc2)C1=O. The molecule has 1 N–H and O–H groups in total. The Bertz CT molecular complexity index is 738. The summed E-state index contributed by atoms with van der Waals surface area (Å²) >= 11 is 0. The molecule has 1 saturated heterocycles. The van der Waals surface area contributed by atoms with Gasteiger partial charge in [-0.15, -0.1) is 0 Å². The quantitative estimate of drug-likeness (QED) is 0.869. The van der Waals surface area contributed by atoms with Gasteiger partial charge in [-0.1, -0.05) is 30.3 Å². The number of carbonyl (C=O) groups is 1. The Kier molecular flexibility index (Phi) is 5.08. The molecule has 6 heteroatoms. The van der Waals surface area contributed by atoms with Crippen LogP contribution in [0.4, 0.5) is 5.82 Å². The topological polar surface area (TPSA) is 53.4 Å². The minimum absolute atomic E-state index is 0.113. The lowest BCUT2D eigenvalue weighted by Crippen LogP contribution is -2.38. The van der Waals surface area contributed by atoms with E-state index in [1.54, 1.807) is 0 Å². The van der Waals surface area contributed by atoms with Crippen LogP contribution in [0.25, 0.3) is 0 Å². The van der Waals surface area contributed by atoms with Gasteiger partial charge in [-0.25, -0.2) is 0 Å². The maximum atomic E-state index is 12.7. The number of carbonyl (C=O) groups excluding carboxylic acids is 1. The van der Waals surface area contributed by atoms with Crippen LogP contribution in [0.5, 0.6) is 0 Å². The molecule has 1 aliphatic heterocycles. The van der Waals surface area contributed by atoms with Crippen molar-refractivity contribution in [1.29, 1.82) is 0 Å². The van der Waals surface area contributed by atoms with Crippen LogP contribution in [-0.4, -0.2) is 47.3 Å². The molecule has 0 aliphatic carbocycles. The van der Waals surface area contributed by atoms with Crippen molar-refractivity contribution in [2.75, 3.05) is 25.5 Å². The molecule has 2 aromatic rings. The molecule has 6 nitrogen and oxygen atoms in total. The molecule has 1 unspecified atom stereocenters. The third-order valence-corrected chi connectivity index (χ3v) is 4.78. The van der Waals surface area contributed by atoms with E-state index in [2.05, 4.69) is 27.4 Å². The molecule has 134 valence electrons. The van der Waals surface area contributed by atoms with E-state index in [1.807, 2.05) is 55.8 Å². The van der Waals surface area contributed by atoms with Crippen LogP contribution in [0.1, 0.15) is 23.2 Å². The third kappa shape index (κ3) is 3.69. The molecule has 1 aliphatic rings. The normalized spacial score (nSPS) is 17.4. The first-order valence-corrected chi connectivity index (χ1v) is 8.73. The Balaban J connectivity index is 1.63. The molecule has 1 aromatic carbocycles. The summed E-state index contributed by atoms with van der Waals surface area (Å²) in [4.78, 5) is 16.7. The van der Waals surface area contributed by atoms with Crippen LogP contribution in [0, 0.1) is 6.92 Å². The van der Waals surface area contributed by atoms with Crippen molar-refractivity contribution in [1.82, 2.24) is 20.0 Å². The predicted octanol–water partition coefficient (Wildman–Crippen LogP) is 1.69. The minimum atomic E-state index is -0.113. The zero-order valence-electron chi connectivity index (χ0n) is 15.5. The molecular weight excluding hydrogens is 314 g/mol. The van der Waals surface area contributed by atoms with E-state index in [0.29, 0.717) is 13.1 Å². The van der Waals surface area contributed by atoms with Crippen molar-refractivity contribution >= 4 is 11.7 Å². The van der Waals surface area contributed by atoms with Gasteiger partial charge < -0.3 is 15.1 Å². The van der Waals surface area contributed by atoms with Gasteiger partial charge >= 0.3 is 0 Å². The Morgan fingerprint density at radius 1 is 1.28 bits per heavy atom. The molecule has 25 heavy (non-hydrogen) atoms. The summed E-state index contributed by atoms with van der Waals surface area (Å²) in [5.74, 6) is 1.27. The number of hydrogen-bond acceptors (Lipinski definition) is 4. The molecule has 0 spiro atoms. The smallest absolute Gasteiger partial charge is 0.240 e. The lowest BCUT2D eigenvalue weighted by Gasteiger charge is -2.18. The second-order valence-electron chi connectivity index (χ2n) is 6.87. The second-order valence-corrected chi connectivity index (χ2v) is 6.87. The molecule has 1 atom stereocenters. The molecule has 0 radical (unpaired) electrons. The number of likely N-dealkylation sites (tertiary alicyclic amines) is 1. The van der Waals surface area contributed by atoms with Crippen molar-refractivity contribution in [3.05, 3.63) is 47.2 Å².